The van der Waals surface area contributed by atoms with E-state index in [1.54, 1.807) is 18.3 Å². The lowest BCUT2D eigenvalue weighted by atomic mass is 9.87. The third-order valence-electron chi connectivity index (χ3n) is 5.47. The molecule has 4 aromatic rings. The van der Waals surface area contributed by atoms with Crippen LogP contribution in [0.5, 0.6) is 0 Å². The van der Waals surface area contributed by atoms with Crippen molar-refractivity contribution in [1.29, 1.82) is 0 Å². The van der Waals surface area contributed by atoms with Gasteiger partial charge >= 0.3 is 0 Å². The summed E-state index contributed by atoms with van der Waals surface area (Å²) in [6.45, 7) is 7.04. The van der Waals surface area contributed by atoms with Crippen LogP contribution < -0.4 is 10.6 Å². The summed E-state index contributed by atoms with van der Waals surface area (Å²) in [5.74, 6) is 0.357. The number of aromatic nitrogens is 2. The summed E-state index contributed by atoms with van der Waals surface area (Å²) in [4.78, 5) is 21.4. The standard InChI is InChI=1S/C28H27ClN4O/c1-28(2,3)22-10-4-19(5-11-22)18-31-26(34)21-8-14-24(15-9-21)32-27-30-17-16-25(33-27)20-6-12-23(29)13-7-20/h4-17H,18H2,1-3H3,(H,31,34)(H,30,32,33). The molecule has 0 aliphatic heterocycles. The van der Waals surface area contributed by atoms with Gasteiger partial charge in [0.25, 0.3) is 5.91 Å². The highest BCUT2D eigenvalue weighted by Crippen LogP contribution is 2.23. The second kappa shape index (κ2) is 10.1. The zero-order valence-electron chi connectivity index (χ0n) is 19.5. The quantitative estimate of drug-likeness (QED) is 0.326. The van der Waals surface area contributed by atoms with Gasteiger partial charge in [-0.2, -0.15) is 0 Å². The number of anilines is 2. The van der Waals surface area contributed by atoms with Gasteiger partial charge in [-0.15, -0.1) is 0 Å². The van der Waals surface area contributed by atoms with Crippen LogP contribution in [-0.4, -0.2) is 15.9 Å². The van der Waals surface area contributed by atoms with E-state index in [9.17, 15) is 4.79 Å². The highest BCUT2D eigenvalue weighted by atomic mass is 35.5. The van der Waals surface area contributed by atoms with E-state index in [0.29, 0.717) is 23.1 Å². The zero-order valence-corrected chi connectivity index (χ0v) is 20.2. The fourth-order valence-electron chi connectivity index (χ4n) is 3.44. The van der Waals surface area contributed by atoms with Crippen molar-refractivity contribution in [3.8, 4) is 11.3 Å². The van der Waals surface area contributed by atoms with Gasteiger partial charge in [0.1, 0.15) is 0 Å². The second-order valence-electron chi connectivity index (χ2n) is 9.10. The Hall–Kier alpha value is -3.70. The van der Waals surface area contributed by atoms with E-state index < -0.39 is 0 Å². The Bertz CT molecular complexity index is 1260. The van der Waals surface area contributed by atoms with Crippen molar-refractivity contribution in [3.05, 3.63) is 107 Å². The normalized spacial score (nSPS) is 11.2. The lowest BCUT2D eigenvalue weighted by Crippen LogP contribution is -2.22. The van der Waals surface area contributed by atoms with Crippen molar-refractivity contribution in [2.24, 2.45) is 0 Å². The van der Waals surface area contributed by atoms with Crippen LogP contribution in [0.15, 0.2) is 85.1 Å². The van der Waals surface area contributed by atoms with Gasteiger partial charge in [-0.1, -0.05) is 68.8 Å². The predicted molar refractivity (Wildman–Crippen MR) is 139 cm³/mol. The second-order valence-corrected chi connectivity index (χ2v) is 9.54. The molecule has 0 aliphatic rings. The molecule has 0 radical (unpaired) electrons. The van der Waals surface area contributed by atoms with Crippen LogP contribution in [0.1, 0.15) is 42.3 Å². The van der Waals surface area contributed by atoms with Crippen molar-refractivity contribution in [1.82, 2.24) is 15.3 Å². The summed E-state index contributed by atoms with van der Waals surface area (Å²) in [6, 6.07) is 24.9. The molecule has 172 valence electrons. The van der Waals surface area contributed by atoms with E-state index in [0.717, 1.165) is 22.5 Å². The first kappa shape index (κ1) is 23.5. The lowest BCUT2D eigenvalue weighted by molar-refractivity contribution is 0.0951. The number of halogens is 1. The molecule has 0 fully saturated rings. The number of hydrogen-bond donors (Lipinski definition) is 2. The number of amides is 1. The van der Waals surface area contributed by atoms with E-state index in [4.69, 9.17) is 11.6 Å². The molecular weight excluding hydrogens is 444 g/mol. The van der Waals surface area contributed by atoms with Crippen LogP contribution in [0, 0.1) is 0 Å². The van der Waals surface area contributed by atoms with Gasteiger partial charge in [0.15, 0.2) is 0 Å². The summed E-state index contributed by atoms with van der Waals surface area (Å²) in [5.41, 5.74) is 5.58. The van der Waals surface area contributed by atoms with E-state index in [2.05, 4.69) is 65.6 Å². The van der Waals surface area contributed by atoms with Crippen LogP contribution in [0.25, 0.3) is 11.3 Å². The molecule has 4 rings (SSSR count). The number of nitrogens with zero attached hydrogens (tertiary/aromatic N) is 2. The van der Waals surface area contributed by atoms with E-state index in [1.165, 1.54) is 5.56 Å². The molecule has 34 heavy (non-hydrogen) atoms. The zero-order chi connectivity index (χ0) is 24.1. The molecule has 3 aromatic carbocycles. The molecule has 1 heterocycles. The first-order valence-corrected chi connectivity index (χ1v) is 11.5. The molecule has 0 aliphatic carbocycles. The third-order valence-corrected chi connectivity index (χ3v) is 5.72. The van der Waals surface area contributed by atoms with Gasteiger partial charge in [0.2, 0.25) is 5.95 Å². The summed E-state index contributed by atoms with van der Waals surface area (Å²) in [6.07, 6.45) is 1.70. The highest BCUT2D eigenvalue weighted by molar-refractivity contribution is 6.30. The van der Waals surface area contributed by atoms with Crippen molar-refractivity contribution < 1.29 is 4.79 Å². The minimum atomic E-state index is -0.118. The number of rotatable bonds is 6. The maximum Gasteiger partial charge on any atom is 0.251 e. The van der Waals surface area contributed by atoms with Crippen LogP contribution in [0.2, 0.25) is 5.02 Å². The fraction of sp³-hybridized carbons (Fsp3) is 0.179. The average molecular weight is 471 g/mol. The Morgan fingerprint density at radius 3 is 2.21 bits per heavy atom. The summed E-state index contributed by atoms with van der Waals surface area (Å²) in [7, 11) is 0. The number of carbonyl (C=O) groups excluding carboxylic acids is 1. The molecule has 0 saturated heterocycles. The predicted octanol–water partition coefficient (Wildman–Crippen LogP) is 6.77. The largest absolute Gasteiger partial charge is 0.348 e. The SMILES string of the molecule is CC(C)(C)c1ccc(CNC(=O)c2ccc(Nc3nccc(-c4ccc(Cl)cc4)n3)cc2)cc1. The van der Waals surface area contributed by atoms with E-state index in [-0.39, 0.29) is 11.3 Å². The Balaban J connectivity index is 1.36. The molecule has 0 atom stereocenters. The van der Waals surface area contributed by atoms with Gasteiger partial charge in [0.05, 0.1) is 5.69 Å². The van der Waals surface area contributed by atoms with Gasteiger partial charge < -0.3 is 10.6 Å². The Morgan fingerprint density at radius 1 is 0.882 bits per heavy atom. The monoisotopic (exact) mass is 470 g/mol. The van der Waals surface area contributed by atoms with Gasteiger partial charge in [-0.3, -0.25) is 4.79 Å². The molecule has 5 nitrogen and oxygen atoms in total. The molecule has 0 saturated carbocycles. The lowest BCUT2D eigenvalue weighted by Gasteiger charge is -2.19. The van der Waals surface area contributed by atoms with Crippen molar-refractivity contribution in [2.75, 3.05) is 5.32 Å². The molecule has 6 heteroatoms. The topological polar surface area (TPSA) is 66.9 Å². The minimum absolute atomic E-state index is 0.111. The molecule has 0 spiro atoms. The molecule has 2 N–H and O–H groups in total. The highest BCUT2D eigenvalue weighted by Gasteiger charge is 2.13. The average Bonchev–Trinajstić information content (AvgIpc) is 2.83. The first-order valence-electron chi connectivity index (χ1n) is 11.1. The molecule has 0 unspecified atom stereocenters. The van der Waals surface area contributed by atoms with Crippen molar-refractivity contribution in [3.63, 3.8) is 0 Å². The molecule has 0 bridgehead atoms. The number of hydrogen-bond acceptors (Lipinski definition) is 4. The Kier molecular flexibility index (Phi) is 6.94. The van der Waals surface area contributed by atoms with Crippen LogP contribution >= 0.6 is 11.6 Å². The number of nitrogens with one attached hydrogen (secondary N) is 2. The Morgan fingerprint density at radius 2 is 1.56 bits per heavy atom. The van der Waals surface area contributed by atoms with Crippen molar-refractivity contribution in [2.45, 2.75) is 32.7 Å². The van der Waals surface area contributed by atoms with E-state index in [1.807, 2.05) is 42.5 Å². The summed E-state index contributed by atoms with van der Waals surface area (Å²) < 4.78 is 0. The van der Waals surface area contributed by atoms with Crippen molar-refractivity contribution >= 4 is 29.1 Å². The minimum Gasteiger partial charge on any atom is -0.348 e. The van der Waals surface area contributed by atoms with Gasteiger partial charge in [0, 0.05) is 34.6 Å². The maximum absolute atomic E-state index is 12.6. The molecule has 1 aromatic heterocycles. The fourth-order valence-corrected chi connectivity index (χ4v) is 3.57. The number of carbonyl (C=O) groups is 1. The van der Waals surface area contributed by atoms with Gasteiger partial charge in [-0.25, -0.2) is 9.97 Å². The third kappa shape index (κ3) is 6.00. The van der Waals surface area contributed by atoms with Crippen LogP contribution in [0.4, 0.5) is 11.6 Å². The maximum atomic E-state index is 12.6. The Labute approximate surface area is 205 Å². The first-order chi connectivity index (χ1) is 16.3. The van der Waals surface area contributed by atoms with Crippen LogP contribution in [0.3, 0.4) is 0 Å². The smallest absolute Gasteiger partial charge is 0.251 e. The van der Waals surface area contributed by atoms with E-state index >= 15 is 0 Å². The summed E-state index contributed by atoms with van der Waals surface area (Å²) in [5, 5.41) is 6.84. The molecule has 1 amide bonds. The summed E-state index contributed by atoms with van der Waals surface area (Å²) >= 11 is 5.97. The molecular formula is C28H27ClN4O. The van der Waals surface area contributed by atoms with Crippen LogP contribution in [-0.2, 0) is 12.0 Å². The van der Waals surface area contributed by atoms with Gasteiger partial charge in [-0.05, 0) is 59.0 Å². The number of benzene rings is 3.